The molecule has 1 fully saturated rings. The first-order valence-electron chi connectivity index (χ1n) is 7.03. The highest BCUT2D eigenvalue weighted by molar-refractivity contribution is 5.80. The van der Waals surface area contributed by atoms with E-state index in [1.165, 1.54) is 0 Å². The van der Waals surface area contributed by atoms with Gasteiger partial charge in [-0.3, -0.25) is 0 Å². The molecule has 0 bridgehead atoms. The van der Waals surface area contributed by atoms with E-state index < -0.39 is 18.1 Å². The lowest BCUT2D eigenvalue weighted by Crippen LogP contribution is -2.45. The second-order valence-electron chi connectivity index (χ2n) is 4.97. The highest BCUT2D eigenvalue weighted by Crippen LogP contribution is 2.20. The van der Waals surface area contributed by atoms with Crippen LogP contribution in [0, 0.1) is 0 Å². The molecule has 6 nitrogen and oxygen atoms in total. The van der Waals surface area contributed by atoms with Crippen molar-refractivity contribution in [3.8, 4) is 5.75 Å². The molecule has 21 heavy (non-hydrogen) atoms. The van der Waals surface area contributed by atoms with Gasteiger partial charge in [-0.05, 0) is 37.8 Å². The third-order valence-electron chi connectivity index (χ3n) is 3.33. The summed E-state index contributed by atoms with van der Waals surface area (Å²) in [5.41, 5.74) is 0. The number of nitrogens with one attached hydrogen (secondary N) is 1. The van der Waals surface area contributed by atoms with Crippen molar-refractivity contribution in [2.24, 2.45) is 0 Å². The predicted molar refractivity (Wildman–Crippen MR) is 75.2 cm³/mol. The summed E-state index contributed by atoms with van der Waals surface area (Å²) in [6, 6.07) is 7.70. The fourth-order valence-corrected chi connectivity index (χ4v) is 2.20. The minimum absolute atomic E-state index is 0.102. The Morgan fingerprint density at radius 1 is 1.24 bits per heavy atom. The van der Waals surface area contributed by atoms with E-state index in [0.29, 0.717) is 5.75 Å². The number of hydrogen-bond acceptors (Lipinski definition) is 4. The summed E-state index contributed by atoms with van der Waals surface area (Å²) in [5.74, 6) is -0.607. The van der Waals surface area contributed by atoms with Crippen molar-refractivity contribution in [1.82, 2.24) is 5.32 Å². The molecule has 1 atom stereocenters. The molecule has 0 aliphatic heterocycles. The van der Waals surface area contributed by atoms with Crippen LogP contribution in [-0.2, 0) is 9.53 Å². The van der Waals surface area contributed by atoms with Crippen LogP contribution >= 0.6 is 0 Å². The van der Waals surface area contributed by atoms with E-state index in [-0.39, 0.29) is 12.7 Å². The Kier molecular flexibility index (Phi) is 5.43. The lowest BCUT2D eigenvalue weighted by atomic mass is 10.3. The topological polar surface area (TPSA) is 84.9 Å². The number of ether oxygens (including phenoxy) is 2. The third kappa shape index (κ3) is 4.98. The quantitative estimate of drug-likeness (QED) is 0.839. The number of rotatable bonds is 6. The van der Waals surface area contributed by atoms with Crippen LogP contribution in [0.2, 0.25) is 0 Å². The van der Waals surface area contributed by atoms with E-state index in [1.54, 1.807) is 24.3 Å². The van der Waals surface area contributed by atoms with Crippen molar-refractivity contribution in [2.45, 2.75) is 37.8 Å². The fourth-order valence-electron chi connectivity index (χ4n) is 2.20. The standard InChI is InChI=1S/C15H19NO5/c17-14(18)13(10-20-11-6-2-1-3-7-11)16-15(19)21-12-8-4-5-9-12/h1-3,6-7,12-13H,4-5,8-10H2,(H,16,19)(H,17,18)/t13-/m1/s1. The molecule has 0 aromatic heterocycles. The van der Waals surface area contributed by atoms with E-state index in [0.717, 1.165) is 25.7 Å². The Bertz CT molecular complexity index is 470. The maximum absolute atomic E-state index is 11.7. The molecule has 1 amide bonds. The summed E-state index contributed by atoms with van der Waals surface area (Å²) in [6.45, 7) is -0.154. The molecular weight excluding hydrogens is 274 g/mol. The molecule has 1 aliphatic carbocycles. The van der Waals surface area contributed by atoms with Crippen LogP contribution in [-0.4, -0.2) is 35.9 Å². The molecule has 114 valence electrons. The van der Waals surface area contributed by atoms with Gasteiger partial charge < -0.3 is 19.9 Å². The van der Waals surface area contributed by atoms with Crippen molar-refractivity contribution in [1.29, 1.82) is 0 Å². The smallest absolute Gasteiger partial charge is 0.408 e. The molecule has 0 unspecified atom stereocenters. The van der Waals surface area contributed by atoms with Crippen molar-refractivity contribution >= 4 is 12.1 Å². The van der Waals surface area contributed by atoms with E-state index in [2.05, 4.69) is 5.32 Å². The molecule has 0 radical (unpaired) electrons. The Morgan fingerprint density at radius 3 is 2.52 bits per heavy atom. The van der Waals surface area contributed by atoms with Gasteiger partial charge in [-0.15, -0.1) is 0 Å². The van der Waals surface area contributed by atoms with Crippen LogP contribution < -0.4 is 10.1 Å². The number of para-hydroxylation sites is 1. The van der Waals surface area contributed by atoms with Crippen LogP contribution in [0.1, 0.15) is 25.7 Å². The van der Waals surface area contributed by atoms with E-state index >= 15 is 0 Å². The number of carbonyl (C=O) groups is 2. The van der Waals surface area contributed by atoms with Gasteiger partial charge in [0.05, 0.1) is 0 Å². The van der Waals surface area contributed by atoms with Crippen molar-refractivity contribution in [3.05, 3.63) is 30.3 Å². The lowest BCUT2D eigenvalue weighted by Gasteiger charge is -2.17. The first-order valence-corrected chi connectivity index (χ1v) is 7.03. The van der Waals surface area contributed by atoms with Crippen LogP contribution in [0.4, 0.5) is 4.79 Å². The number of aliphatic carboxylic acids is 1. The summed E-state index contributed by atoms with van der Waals surface area (Å²) in [5, 5.41) is 11.4. The molecule has 1 aliphatic rings. The molecule has 2 N–H and O–H groups in total. The van der Waals surface area contributed by atoms with Crippen LogP contribution in [0.15, 0.2) is 30.3 Å². The lowest BCUT2D eigenvalue weighted by molar-refractivity contribution is -0.140. The number of carboxylic acid groups (broad SMARTS) is 1. The number of carbonyl (C=O) groups excluding carboxylic acids is 1. The SMILES string of the molecule is O=C(N[C@H](COc1ccccc1)C(=O)O)OC1CCCC1. The molecule has 0 saturated heterocycles. The number of hydrogen-bond donors (Lipinski definition) is 2. The molecular formula is C15H19NO5. The van der Waals surface area contributed by atoms with Crippen molar-refractivity contribution < 1.29 is 24.2 Å². The fraction of sp³-hybridized carbons (Fsp3) is 0.467. The minimum Gasteiger partial charge on any atom is -0.491 e. The molecule has 1 aromatic carbocycles. The zero-order valence-electron chi connectivity index (χ0n) is 11.7. The van der Waals surface area contributed by atoms with Gasteiger partial charge in [0.1, 0.15) is 18.5 Å². The Morgan fingerprint density at radius 2 is 1.90 bits per heavy atom. The highest BCUT2D eigenvalue weighted by Gasteiger charge is 2.24. The summed E-state index contributed by atoms with van der Waals surface area (Å²) < 4.78 is 10.5. The molecule has 0 heterocycles. The maximum atomic E-state index is 11.7. The summed E-state index contributed by atoms with van der Waals surface area (Å²) >= 11 is 0. The molecule has 2 rings (SSSR count). The normalized spacial score (nSPS) is 16.2. The predicted octanol–water partition coefficient (Wildman–Crippen LogP) is 2.19. The number of alkyl carbamates (subject to hydrolysis) is 1. The van der Waals surface area contributed by atoms with Gasteiger partial charge in [-0.25, -0.2) is 9.59 Å². The number of benzene rings is 1. The molecule has 6 heteroatoms. The van der Waals surface area contributed by atoms with E-state index in [9.17, 15) is 9.59 Å². The summed E-state index contributed by atoms with van der Waals surface area (Å²) in [7, 11) is 0. The largest absolute Gasteiger partial charge is 0.491 e. The first kappa shape index (κ1) is 15.2. The Hall–Kier alpha value is -2.24. The van der Waals surface area contributed by atoms with Gasteiger partial charge in [0.15, 0.2) is 6.04 Å². The van der Waals surface area contributed by atoms with Crippen LogP contribution in [0.25, 0.3) is 0 Å². The van der Waals surface area contributed by atoms with Crippen molar-refractivity contribution in [2.75, 3.05) is 6.61 Å². The zero-order valence-corrected chi connectivity index (χ0v) is 11.7. The second-order valence-corrected chi connectivity index (χ2v) is 4.97. The van der Waals surface area contributed by atoms with Gasteiger partial charge in [0, 0.05) is 0 Å². The Labute approximate surface area is 123 Å². The zero-order chi connectivity index (χ0) is 15.1. The van der Waals surface area contributed by atoms with Gasteiger partial charge in [-0.2, -0.15) is 0 Å². The van der Waals surface area contributed by atoms with Crippen molar-refractivity contribution in [3.63, 3.8) is 0 Å². The number of amides is 1. The van der Waals surface area contributed by atoms with Gasteiger partial charge >= 0.3 is 12.1 Å². The number of carboxylic acids is 1. The average molecular weight is 293 g/mol. The third-order valence-corrected chi connectivity index (χ3v) is 3.33. The van der Waals surface area contributed by atoms with E-state index in [1.807, 2.05) is 6.07 Å². The van der Waals surface area contributed by atoms with Gasteiger partial charge in [-0.1, -0.05) is 18.2 Å². The van der Waals surface area contributed by atoms with E-state index in [4.69, 9.17) is 14.6 Å². The van der Waals surface area contributed by atoms with Crippen LogP contribution in [0.5, 0.6) is 5.75 Å². The highest BCUT2D eigenvalue weighted by atomic mass is 16.6. The molecule has 1 saturated carbocycles. The monoisotopic (exact) mass is 293 g/mol. The molecule has 0 spiro atoms. The summed E-state index contributed by atoms with van der Waals surface area (Å²) in [6.07, 6.45) is 2.95. The summed E-state index contributed by atoms with van der Waals surface area (Å²) in [4.78, 5) is 22.8. The van der Waals surface area contributed by atoms with Gasteiger partial charge in [0.2, 0.25) is 0 Å². The first-order chi connectivity index (χ1) is 10.1. The minimum atomic E-state index is -1.16. The van der Waals surface area contributed by atoms with Crippen LogP contribution in [0.3, 0.4) is 0 Å². The second kappa shape index (κ2) is 7.52. The van der Waals surface area contributed by atoms with Gasteiger partial charge in [0.25, 0.3) is 0 Å². The Balaban J connectivity index is 1.81. The average Bonchev–Trinajstić information content (AvgIpc) is 2.97. The molecule has 1 aromatic rings. The maximum Gasteiger partial charge on any atom is 0.408 e.